The molecule has 3 N–H and O–H groups in total. The Kier molecular flexibility index (Phi) is 5.92. The second-order valence-electron chi connectivity index (χ2n) is 6.17. The van der Waals surface area contributed by atoms with E-state index in [9.17, 15) is 4.79 Å². The number of nitrogens with two attached hydrogens (primary N) is 1. The number of rotatable bonds is 7. The molecule has 1 heterocycles. The van der Waals surface area contributed by atoms with Crippen molar-refractivity contribution in [1.29, 1.82) is 0 Å². The molecule has 1 atom stereocenters. The zero-order valence-electron chi connectivity index (χ0n) is 14.6. The van der Waals surface area contributed by atoms with E-state index < -0.39 is 0 Å². The number of ether oxygens (including phenoxy) is 1. The molecule has 0 saturated heterocycles. The Labute approximate surface area is 142 Å². The van der Waals surface area contributed by atoms with E-state index >= 15 is 0 Å². The maximum absolute atomic E-state index is 12.5. The van der Waals surface area contributed by atoms with Crippen molar-refractivity contribution in [2.45, 2.75) is 33.2 Å². The number of nitrogens with zero attached hydrogens (tertiary/aromatic N) is 3. The van der Waals surface area contributed by atoms with Crippen molar-refractivity contribution in [3.05, 3.63) is 35.7 Å². The van der Waals surface area contributed by atoms with E-state index in [4.69, 9.17) is 10.5 Å². The molecule has 0 fully saturated rings. The molecule has 0 saturated carbocycles. The first kappa shape index (κ1) is 17.9. The highest BCUT2D eigenvalue weighted by Gasteiger charge is 2.20. The molecule has 2 rings (SSSR count). The molecule has 1 unspecified atom stereocenters. The monoisotopic (exact) mass is 331 g/mol. The second-order valence-corrected chi connectivity index (χ2v) is 6.17. The number of methoxy groups -OCH3 is 1. The first-order valence-corrected chi connectivity index (χ1v) is 8.04. The fourth-order valence-electron chi connectivity index (χ4n) is 2.54. The fraction of sp³-hybridized carbons (Fsp3) is 0.471. The van der Waals surface area contributed by atoms with Crippen molar-refractivity contribution in [3.8, 4) is 11.4 Å². The number of carbonyl (C=O) groups excluding carboxylic acids is 1. The predicted molar refractivity (Wildman–Crippen MR) is 92.4 cm³/mol. The lowest BCUT2D eigenvalue weighted by molar-refractivity contribution is 0.0928. The number of benzene rings is 1. The summed E-state index contributed by atoms with van der Waals surface area (Å²) >= 11 is 0. The topological polar surface area (TPSA) is 95.1 Å². The highest BCUT2D eigenvalue weighted by atomic mass is 16.5. The highest BCUT2D eigenvalue weighted by Crippen LogP contribution is 2.17. The SMILES string of the molecule is COc1ccc(-n2nnc(C(=O)NC(CN)CC(C)C)c2C)cc1. The van der Waals surface area contributed by atoms with Crippen LogP contribution in [0.4, 0.5) is 0 Å². The molecule has 24 heavy (non-hydrogen) atoms. The van der Waals surface area contributed by atoms with Crippen molar-refractivity contribution in [2.24, 2.45) is 11.7 Å². The van der Waals surface area contributed by atoms with Gasteiger partial charge >= 0.3 is 0 Å². The molecule has 0 aliphatic heterocycles. The van der Waals surface area contributed by atoms with E-state index in [0.29, 0.717) is 23.9 Å². The van der Waals surface area contributed by atoms with Gasteiger partial charge in [-0.05, 0) is 43.5 Å². The molecule has 0 aliphatic carbocycles. The molecule has 7 nitrogen and oxygen atoms in total. The molecular weight excluding hydrogens is 306 g/mol. The molecule has 2 aromatic rings. The van der Waals surface area contributed by atoms with Gasteiger partial charge in [0.2, 0.25) is 0 Å². The summed E-state index contributed by atoms with van der Waals surface area (Å²) in [5, 5.41) is 11.1. The number of carbonyl (C=O) groups is 1. The Balaban J connectivity index is 2.17. The molecule has 1 amide bonds. The lowest BCUT2D eigenvalue weighted by Crippen LogP contribution is -2.41. The lowest BCUT2D eigenvalue weighted by Gasteiger charge is -2.18. The van der Waals surface area contributed by atoms with Crippen LogP contribution in [-0.2, 0) is 0 Å². The Morgan fingerprint density at radius 3 is 2.54 bits per heavy atom. The van der Waals surface area contributed by atoms with Gasteiger partial charge in [0.25, 0.3) is 5.91 Å². The minimum Gasteiger partial charge on any atom is -0.497 e. The van der Waals surface area contributed by atoms with Crippen molar-refractivity contribution < 1.29 is 9.53 Å². The highest BCUT2D eigenvalue weighted by molar-refractivity contribution is 5.93. The third-order valence-electron chi connectivity index (χ3n) is 3.80. The van der Waals surface area contributed by atoms with Gasteiger partial charge in [-0.25, -0.2) is 4.68 Å². The zero-order chi connectivity index (χ0) is 17.7. The molecule has 0 aliphatic rings. The number of amides is 1. The third kappa shape index (κ3) is 4.11. The summed E-state index contributed by atoms with van der Waals surface area (Å²) in [6, 6.07) is 7.34. The van der Waals surface area contributed by atoms with Crippen LogP contribution in [0.1, 0.15) is 36.5 Å². The first-order valence-electron chi connectivity index (χ1n) is 8.04. The van der Waals surface area contributed by atoms with Gasteiger partial charge in [0, 0.05) is 12.6 Å². The van der Waals surface area contributed by atoms with E-state index in [1.807, 2.05) is 31.2 Å². The van der Waals surface area contributed by atoms with Crippen molar-refractivity contribution in [1.82, 2.24) is 20.3 Å². The van der Waals surface area contributed by atoms with E-state index in [0.717, 1.165) is 17.9 Å². The van der Waals surface area contributed by atoms with Crippen LogP contribution < -0.4 is 15.8 Å². The molecule has 7 heteroatoms. The normalized spacial score (nSPS) is 12.2. The Hall–Kier alpha value is -2.41. The average molecular weight is 331 g/mol. The Morgan fingerprint density at radius 2 is 2.00 bits per heavy atom. The van der Waals surface area contributed by atoms with Crippen LogP contribution in [0.3, 0.4) is 0 Å². The fourth-order valence-corrected chi connectivity index (χ4v) is 2.54. The van der Waals surface area contributed by atoms with Gasteiger partial charge in [-0.3, -0.25) is 4.79 Å². The standard InChI is InChI=1S/C17H25N5O2/c1-11(2)9-13(10-18)19-17(23)16-12(3)22(21-20-16)14-5-7-15(24-4)8-6-14/h5-8,11,13H,9-10,18H2,1-4H3,(H,19,23). The molecular formula is C17H25N5O2. The minimum absolute atomic E-state index is 0.0666. The van der Waals surface area contributed by atoms with Crippen LogP contribution in [-0.4, -0.2) is 40.6 Å². The first-order chi connectivity index (χ1) is 11.5. The summed E-state index contributed by atoms with van der Waals surface area (Å²) in [5.74, 6) is 0.965. The number of hydrogen-bond acceptors (Lipinski definition) is 5. The van der Waals surface area contributed by atoms with Gasteiger partial charge in [0.05, 0.1) is 18.5 Å². The van der Waals surface area contributed by atoms with Crippen molar-refractivity contribution >= 4 is 5.91 Å². The van der Waals surface area contributed by atoms with Crippen molar-refractivity contribution in [3.63, 3.8) is 0 Å². The van der Waals surface area contributed by atoms with E-state index in [1.165, 1.54) is 0 Å². The number of aromatic nitrogens is 3. The summed E-state index contributed by atoms with van der Waals surface area (Å²) in [4.78, 5) is 12.5. The van der Waals surface area contributed by atoms with E-state index in [2.05, 4.69) is 29.5 Å². The summed E-state index contributed by atoms with van der Waals surface area (Å²) in [6.45, 7) is 6.41. The molecule has 130 valence electrons. The van der Waals surface area contributed by atoms with Crippen LogP contribution in [0.15, 0.2) is 24.3 Å². The van der Waals surface area contributed by atoms with Crippen LogP contribution >= 0.6 is 0 Å². The second kappa shape index (κ2) is 7.92. The van der Waals surface area contributed by atoms with E-state index in [-0.39, 0.29) is 11.9 Å². The molecule has 0 spiro atoms. The molecule has 1 aromatic heterocycles. The summed E-state index contributed by atoms with van der Waals surface area (Å²) in [7, 11) is 1.61. The van der Waals surface area contributed by atoms with Gasteiger partial charge in [0.15, 0.2) is 5.69 Å². The number of hydrogen-bond donors (Lipinski definition) is 2. The summed E-state index contributed by atoms with van der Waals surface area (Å²) in [6.07, 6.45) is 0.827. The Morgan fingerprint density at radius 1 is 1.33 bits per heavy atom. The van der Waals surface area contributed by atoms with Gasteiger partial charge < -0.3 is 15.8 Å². The number of nitrogens with one attached hydrogen (secondary N) is 1. The molecule has 1 aromatic carbocycles. The quantitative estimate of drug-likeness (QED) is 0.805. The zero-order valence-corrected chi connectivity index (χ0v) is 14.6. The van der Waals surface area contributed by atoms with E-state index in [1.54, 1.807) is 11.8 Å². The average Bonchev–Trinajstić information content (AvgIpc) is 2.95. The van der Waals surface area contributed by atoms with Crippen LogP contribution in [0.2, 0.25) is 0 Å². The largest absolute Gasteiger partial charge is 0.497 e. The third-order valence-corrected chi connectivity index (χ3v) is 3.80. The van der Waals surface area contributed by atoms with Crippen LogP contribution in [0.25, 0.3) is 5.69 Å². The molecule has 0 radical (unpaired) electrons. The van der Waals surface area contributed by atoms with Gasteiger partial charge in [-0.15, -0.1) is 5.10 Å². The van der Waals surface area contributed by atoms with Crippen LogP contribution in [0, 0.1) is 12.8 Å². The lowest BCUT2D eigenvalue weighted by atomic mass is 10.0. The maximum Gasteiger partial charge on any atom is 0.274 e. The summed E-state index contributed by atoms with van der Waals surface area (Å²) in [5.41, 5.74) is 7.55. The minimum atomic E-state index is -0.247. The smallest absolute Gasteiger partial charge is 0.274 e. The maximum atomic E-state index is 12.5. The van der Waals surface area contributed by atoms with Gasteiger partial charge in [0.1, 0.15) is 5.75 Å². The summed E-state index contributed by atoms with van der Waals surface area (Å²) < 4.78 is 6.78. The van der Waals surface area contributed by atoms with Gasteiger partial charge in [-0.2, -0.15) is 0 Å². The van der Waals surface area contributed by atoms with Crippen LogP contribution in [0.5, 0.6) is 5.75 Å². The molecule has 0 bridgehead atoms. The van der Waals surface area contributed by atoms with Crippen molar-refractivity contribution in [2.75, 3.05) is 13.7 Å². The Bertz CT molecular complexity index is 679. The van der Waals surface area contributed by atoms with Gasteiger partial charge in [-0.1, -0.05) is 19.1 Å². The predicted octanol–water partition coefficient (Wildman–Crippen LogP) is 1.69.